The van der Waals surface area contributed by atoms with Crippen LogP contribution >= 0.6 is 0 Å². The fraction of sp³-hybridized carbons (Fsp3) is 0.889. The van der Waals surface area contributed by atoms with Gasteiger partial charge in [-0.2, -0.15) is 0 Å². The van der Waals surface area contributed by atoms with Crippen LogP contribution in [0.1, 0.15) is 85.0 Å². The zero-order valence-corrected chi connectivity index (χ0v) is 21.3. The van der Waals surface area contributed by atoms with Gasteiger partial charge in [-0.25, -0.2) is 4.79 Å². The average molecular weight is 477 g/mol. The van der Waals surface area contributed by atoms with Crippen molar-refractivity contribution in [1.29, 1.82) is 0 Å². The summed E-state index contributed by atoms with van der Waals surface area (Å²) in [6, 6.07) is 0. The number of ether oxygens (including phenoxy) is 4. The van der Waals surface area contributed by atoms with E-state index in [1.807, 2.05) is 0 Å². The smallest absolute Gasteiger partial charge is 0.469 e. The van der Waals surface area contributed by atoms with Gasteiger partial charge in [0.15, 0.2) is 0 Å². The lowest BCUT2D eigenvalue weighted by Gasteiger charge is -2.57. The number of hydrogen-bond donors (Lipinski definition) is 0. The van der Waals surface area contributed by atoms with Crippen molar-refractivity contribution < 1.29 is 33.3 Å². The van der Waals surface area contributed by atoms with Crippen LogP contribution in [0.3, 0.4) is 0 Å². The van der Waals surface area contributed by atoms with Crippen LogP contribution in [0, 0.1) is 34.5 Å². The Morgan fingerprint density at radius 1 is 1.09 bits per heavy atom. The second kappa shape index (κ2) is 7.94. The number of methoxy groups -OCH3 is 2. The lowest BCUT2D eigenvalue weighted by atomic mass is 9.44. The minimum atomic E-state index is -0.604. The molecule has 4 saturated carbocycles. The number of epoxide rings is 1. The molecule has 34 heavy (non-hydrogen) atoms. The monoisotopic (exact) mass is 476 g/mol. The number of carbonyl (C=O) groups excluding carboxylic acids is 3. The molecule has 1 saturated heterocycles. The fourth-order valence-corrected chi connectivity index (χ4v) is 9.31. The van der Waals surface area contributed by atoms with Gasteiger partial charge in [-0.05, 0) is 81.5 Å². The van der Waals surface area contributed by atoms with Gasteiger partial charge in [-0.3, -0.25) is 9.59 Å². The van der Waals surface area contributed by atoms with Crippen molar-refractivity contribution in [2.45, 2.75) is 102 Å². The molecule has 7 heteroatoms. The van der Waals surface area contributed by atoms with Gasteiger partial charge in [-0.15, -0.1) is 0 Å². The van der Waals surface area contributed by atoms with Crippen LogP contribution in [-0.2, 0) is 28.5 Å². The van der Waals surface area contributed by atoms with Crippen molar-refractivity contribution in [2.24, 2.45) is 34.5 Å². The standard InChI is InChI=1S/C27H40O7/c1-16(6-7-22(29)31-4)19-10-13-27-25(19,3)21(28)15-20-24(2)11-9-18(33-23(30)32-5)14-17(24)8-12-26(20,27)34-27/h16-20H,6-15H2,1-5H3/t16-,17-,18-,19+,20+,24-,25-,26-,27-/m0/s1. The van der Waals surface area contributed by atoms with Crippen molar-refractivity contribution in [3.63, 3.8) is 0 Å². The quantitative estimate of drug-likeness (QED) is 0.414. The molecule has 7 nitrogen and oxygen atoms in total. The maximum Gasteiger partial charge on any atom is 0.508 e. The minimum Gasteiger partial charge on any atom is -0.469 e. The van der Waals surface area contributed by atoms with E-state index in [0.29, 0.717) is 24.5 Å². The average Bonchev–Trinajstić information content (AvgIpc) is 3.38. The van der Waals surface area contributed by atoms with Crippen LogP contribution in [0.2, 0.25) is 0 Å². The number of hydrogen-bond acceptors (Lipinski definition) is 7. The zero-order chi connectivity index (χ0) is 24.5. The molecule has 0 unspecified atom stereocenters. The SMILES string of the molecule is COC(=O)CC[C@H](C)[C@H]1CC[C@@]23O[C@]24CC[C@H]2C[C@@H](OC(=O)OC)CC[C@]2(C)[C@H]4CC(=O)[C@]13C. The Kier molecular flexibility index (Phi) is 5.62. The highest BCUT2D eigenvalue weighted by Crippen LogP contribution is 2.80. The first-order valence-electron chi connectivity index (χ1n) is 13.1. The first-order valence-corrected chi connectivity index (χ1v) is 13.1. The maximum absolute atomic E-state index is 14.0. The van der Waals surface area contributed by atoms with E-state index in [4.69, 9.17) is 18.9 Å². The van der Waals surface area contributed by atoms with Crippen molar-refractivity contribution in [3.05, 3.63) is 0 Å². The number of Topliss-reactive ketones (excluding diaryl/α,β-unsaturated/α-hetero) is 1. The molecule has 9 atom stereocenters. The summed E-state index contributed by atoms with van der Waals surface area (Å²) >= 11 is 0. The molecule has 190 valence electrons. The Balaban J connectivity index is 1.37. The summed E-state index contributed by atoms with van der Waals surface area (Å²) in [5.74, 6) is 1.32. The predicted octanol–water partition coefficient (Wildman–Crippen LogP) is 4.84. The van der Waals surface area contributed by atoms with Gasteiger partial charge in [0.1, 0.15) is 23.1 Å². The molecule has 0 amide bonds. The number of rotatable bonds is 5. The third kappa shape index (κ3) is 3.00. The summed E-state index contributed by atoms with van der Waals surface area (Å²) in [7, 11) is 2.77. The first-order chi connectivity index (χ1) is 16.1. The maximum atomic E-state index is 14.0. The van der Waals surface area contributed by atoms with Gasteiger partial charge in [0.05, 0.1) is 19.6 Å². The summed E-state index contributed by atoms with van der Waals surface area (Å²) in [5, 5.41) is 0. The Hall–Kier alpha value is -1.63. The lowest BCUT2D eigenvalue weighted by Crippen LogP contribution is -2.62. The molecule has 0 aromatic rings. The highest BCUT2D eigenvalue weighted by atomic mass is 16.7. The molecule has 1 heterocycles. The third-order valence-electron chi connectivity index (χ3n) is 11.2. The van der Waals surface area contributed by atoms with Crippen molar-refractivity contribution in [3.8, 4) is 0 Å². The molecule has 0 aromatic carbocycles. The highest BCUT2D eigenvalue weighted by molar-refractivity contribution is 5.90. The molecular weight excluding hydrogens is 436 g/mol. The van der Waals surface area contributed by atoms with Crippen LogP contribution in [0.15, 0.2) is 0 Å². The number of ketones is 1. The van der Waals surface area contributed by atoms with Crippen LogP contribution in [0.25, 0.3) is 0 Å². The van der Waals surface area contributed by atoms with E-state index >= 15 is 0 Å². The van der Waals surface area contributed by atoms with E-state index in [1.165, 1.54) is 14.2 Å². The van der Waals surface area contributed by atoms with Gasteiger partial charge in [0.25, 0.3) is 0 Å². The van der Waals surface area contributed by atoms with Crippen LogP contribution in [0.5, 0.6) is 0 Å². The van der Waals surface area contributed by atoms with Crippen molar-refractivity contribution >= 4 is 17.9 Å². The summed E-state index contributed by atoms with van der Waals surface area (Å²) in [6.45, 7) is 6.71. The van der Waals surface area contributed by atoms with Gasteiger partial charge < -0.3 is 18.9 Å². The molecule has 1 aliphatic heterocycles. The van der Waals surface area contributed by atoms with Crippen molar-refractivity contribution in [1.82, 2.24) is 0 Å². The molecule has 0 radical (unpaired) electrons. The van der Waals surface area contributed by atoms with E-state index in [2.05, 4.69) is 20.8 Å². The summed E-state index contributed by atoms with van der Waals surface area (Å²) < 4.78 is 21.9. The topological polar surface area (TPSA) is 91.4 Å². The molecule has 4 aliphatic carbocycles. The second-order valence-corrected chi connectivity index (χ2v) is 12.1. The number of fused-ring (bicyclic) bond motifs is 2. The van der Waals surface area contributed by atoms with E-state index < -0.39 is 11.6 Å². The summed E-state index contributed by atoms with van der Waals surface area (Å²) in [6.07, 6.45) is 7.53. The van der Waals surface area contributed by atoms with E-state index in [-0.39, 0.29) is 46.4 Å². The van der Waals surface area contributed by atoms with E-state index in [1.54, 1.807) is 0 Å². The lowest BCUT2D eigenvalue weighted by molar-refractivity contribution is -0.147. The van der Waals surface area contributed by atoms with Crippen LogP contribution < -0.4 is 0 Å². The zero-order valence-electron chi connectivity index (χ0n) is 21.3. The molecular formula is C27H40O7. The number of esters is 1. The fourth-order valence-electron chi connectivity index (χ4n) is 9.31. The summed E-state index contributed by atoms with van der Waals surface area (Å²) in [5.41, 5.74) is -1.01. The molecule has 0 N–H and O–H groups in total. The summed E-state index contributed by atoms with van der Waals surface area (Å²) in [4.78, 5) is 37.4. The Bertz CT molecular complexity index is 886. The molecule has 5 rings (SSSR count). The second-order valence-electron chi connectivity index (χ2n) is 12.1. The van der Waals surface area contributed by atoms with Gasteiger partial charge in [-0.1, -0.05) is 13.8 Å². The molecule has 5 aliphatic rings. The molecule has 2 spiro atoms. The Labute approximate surface area is 202 Å². The predicted molar refractivity (Wildman–Crippen MR) is 123 cm³/mol. The Morgan fingerprint density at radius 3 is 2.56 bits per heavy atom. The van der Waals surface area contributed by atoms with Crippen LogP contribution in [-0.4, -0.2) is 49.4 Å². The minimum absolute atomic E-state index is 0.0172. The highest BCUT2D eigenvalue weighted by Gasteiger charge is 2.88. The first kappa shape index (κ1) is 24.1. The third-order valence-corrected chi connectivity index (χ3v) is 11.2. The van der Waals surface area contributed by atoms with Gasteiger partial charge >= 0.3 is 12.1 Å². The molecule has 0 bridgehead atoms. The Morgan fingerprint density at radius 2 is 1.85 bits per heavy atom. The number of carbonyl (C=O) groups is 3. The largest absolute Gasteiger partial charge is 0.508 e. The van der Waals surface area contributed by atoms with E-state index in [9.17, 15) is 14.4 Å². The van der Waals surface area contributed by atoms with Crippen LogP contribution in [0.4, 0.5) is 4.79 Å². The van der Waals surface area contributed by atoms with Gasteiger partial charge in [0, 0.05) is 18.8 Å². The normalized spacial score (nSPS) is 47.4. The van der Waals surface area contributed by atoms with Crippen molar-refractivity contribution in [2.75, 3.05) is 14.2 Å². The molecule has 0 aromatic heterocycles. The molecule has 5 fully saturated rings. The van der Waals surface area contributed by atoms with E-state index in [0.717, 1.165) is 51.4 Å². The van der Waals surface area contributed by atoms with Gasteiger partial charge in [0.2, 0.25) is 0 Å².